The topological polar surface area (TPSA) is 78.1 Å². The van der Waals surface area contributed by atoms with E-state index >= 15 is 0 Å². The number of imidazole rings is 1. The molecule has 0 atom stereocenters. The molecule has 0 unspecified atom stereocenters. The van der Waals surface area contributed by atoms with Gasteiger partial charge < -0.3 is 10.1 Å². The standard InChI is InChI=1S/C22H19FN4O3/c1-30-17-10-8-16(9-11-17)27-21-19(7-4-12-24-21)26(22(27)29)14-20(28)25-13-15-5-2-3-6-18(15)23/h2-12H,13-14H2,1H3,(H,25,28). The van der Waals surface area contributed by atoms with Crippen LogP contribution in [0.25, 0.3) is 16.9 Å². The SMILES string of the molecule is COc1ccc(-n2c(=O)n(CC(=O)NCc3ccccc3F)c3cccnc32)cc1. The molecule has 30 heavy (non-hydrogen) atoms. The molecule has 2 aromatic heterocycles. The van der Waals surface area contributed by atoms with Crippen LogP contribution in [0.4, 0.5) is 4.39 Å². The number of ether oxygens (including phenoxy) is 1. The fourth-order valence-corrected chi connectivity index (χ4v) is 3.24. The average molecular weight is 406 g/mol. The van der Waals surface area contributed by atoms with Gasteiger partial charge in [-0.25, -0.2) is 18.7 Å². The quantitative estimate of drug-likeness (QED) is 0.534. The summed E-state index contributed by atoms with van der Waals surface area (Å²) in [6.45, 7) is -0.172. The predicted octanol–water partition coefficient (Wildman–Crippen LogP) is 2.65. The summed E-state index contributed by atoms with van der Waals surface area (Å²) in [5.74, 6) is -0.135. The highest BCUT2D eigenvalue weighted by molar-refractivity contribution is 5.80. The van der Waals surface area contributed by atoms with Crippen LogP contribution < -0.4 is 15.7 Å². The van der Waals surface area contributed by atoms with E-state index in [0.29, 0.717) is 28.2 Å². The summed E-state index contributed by atoms with van der Waals surface area (Å²) < 4.78 is 21.7. The monoisotopic (exact) mass is 406 g/mol. The summed E-state index contributed by atoms with van der Waals surface area (Å²) >= 11 is 0. The van der Waals surface area contributed by atoms with Crippen molar-refractivity contribution in [3.05, 3.63) is 88.7 Å². The number of nitrogens with one attached hydrogen (secondary N) is 1. The summed E-state index contributed by atoms with van der Waals surface area (Å²) in [6, 6.07) is 16.6. The molecule has 0 spiro atoms. The molecule has 1 N–H and O–H groups in total. The lowest BCUT2D eigenvalue weighted by molar-refractivity contribution is -0.121. The van der Waals surface area contributed by atoms with Crippen LogP contribution in [0.15, 0.2) is 71.7 Å². The van der Waals surface area contributed by atoms with Gasteiger partial charge in [0.1, 0.15) is 18.1 Å². The molecule has 152 valence electrons. The largest absolute Gasteiger partial charge is 0.497 e. The number of hydrogen-bond donors (Lipinski definition) is 1. The molecule has 4 rings (SSSR count). The van der Waals surface area contributed by atoms with Crippen LogP contribution in [-0.4, -0.2) is 27.1 Å². The molecule has 7 nitrogen and oxygen atoms in total. The number of pyridine rings is 1. The molecule has 8 heteroatoms. The summed E-state index contributed by atoms with van der Waals surface area (Å²) in [4.78, 5) is 29.9. The zero-order valence-corrected chi connectivity index (χ0v) is 16.2. The second-order valence-electron chi connectivity index (χ2n) is 6.62. The normalized spacial score (nSPS) is 10.9. The van der Waals surface area contributed by atoms with E-state index in [9.17, 15) is 14.0 Å². The first kappa shape index (κ1) is 19.4. The Morgan fingerprint density at radius 3 is 2.60 bits per heavy atom. The Hall–Kier alpha value is -3.94. The zero-order chi connectivity index (χ0) is 21.1. The average Bonchev–Trinajstić information content (AvgIpc) is 3.04. The molecule has 0 aliphatic heterocycles. The number of methoxy groups -OCH3 is 1. The van der Waals surface area contributed by atoms with Crippen LogP contribution in [0.1, 0.15) is 5.56 Å². The highest BCUT2D eigenvalue weighted by Crippen LogP contribution is 2.18. The summed E-state index contributed by atoms with van der Waals surface area (Å²) in [5, 5.41) is 2.66. The molecule has 2 aromatic carbocycles. The van der Waals surface area contributed by atoms with Gasteiger partial charge in [-0.3, -0.25) is 9.36 Å². The fourth-order valence-electron chi connectivity index (χ4n) is 3.24. The third-order valence-corrected chi connectivity index (χ3v) is 4.76. The van der Waals surface area contributed by atoms with Gasteiger partial charge in [0.15, 0.2) is 5.65 Å². The third kappa shape index (κ3) is 3.67. The van der Waals surface area contributed by atoms with Crippen LogP contribution in [0.3, 0.4) is 0 Å². The molecule has 2 heterocycles. The number of nitrogens with zero attached hydrogens (tertiary/aromatic N) is 3. The third-order valence-electron chi connectivity index (χ3n) is 4.76. The number of amides is 1. The Morgan fingerprint density at radius 2 is 1.87 bits per heavy atom. The minimum Gasteiger partial charge on any atom is -0.497 e. The van der Waals surface area contributed by atoms with Gasteiger partial charge in [0.05, 0.1) is 18.3 Å². The predicted molar refractivity (Wildman–Crippen MR) is 110 cm³/mol. The van der Waals surface area contributed by atoms with Crippen LogP contribution >= 0.6 is 0 Å². The van der Waals surface area contributed by atoms with Crippen molar-refractivity contribution in [1.29, 1.82) is 0 Å². The van der Waals surface area contributed by atoms with Gasteiger partial charge in [-0.1, -0.05) is 18.2 Å². The molecule has 0 aliphatic carbocycles. The van der Waals surface area contributed by atoms with E-state index in [1.807, 2.05) is 0 Å². The lowest BCUT2D eigenvalue weighted by Crippen LogP contribution is -2.32. The van der Waals surface area contributed by atoms with E-state index in [2.05, 4.69) is 10.3 Å². The first-order valence-corrected chi connectivity index (χ1v) is 9.29. The van der Waals surface area contributed by atoms with E-state index in [1.165, 1.54) is 15.2 Å². The van der Waals surface area contributed by atoms with Crippen molar-refractivity contribution in [2.45, 2.75) is 13.1 Å². The van der Waals surface area contributed by atoms with Crippen molar-refractivity contribution < 1.29 is 13.9 Å². The van der Waals surface area contributed by atoms with E-state index in [0.717, 1.165) is 0 Å². The van der Waals surface area contributed by atoms with E-state index in [-0.39, 0.29) is 13.1 Å². The highest BCUT2D eigenvalue weighted by atomic mass is 19.1. The van der Waals surface area contributed by atoms with Crippen molar-refractivity contribution >= 4 is 17.1 Å². The number of carbonyl (C=O) groups is 1. The minimum atomic E-state index is -0.405. The zero-order valence-electron chi connectivity index (χ0n) is 16.2. The van der Waals surface area contributed by atoms with Gasteiger partial charge in [-0.05, 0) is 42.5 Å². The van der Waals surface area contributed by atoms with Gasteiger partial charge in [-0.2, -0.15) is 0 Å². The Kier molecular flexibility index (Phi) is 5.30. The summed E-state index contributed by atoms with van der Waals surface area (Å²) in [7, 11) is 1.56. The molecule has 0 saturated carbocycles. The van der Waals surface area contributed by atoms with Crippen LogP contribution in [-0.2, 0) is 17.9 Å². The number of aromatic nitrogens is 3. The van der Waals surface area contributed by atoms with Gasteiger partial charge in [-0.15, -0.1) is 0 Å². The first-order valence-electron chi connectivity index (χ1n) is 9.29. The van der Waals surface area contributed by atoms with Gasteiger partial charge in [0, 0.05) is 18.3 Å². The second kappa shape index (κ2) is 8.20. The Morgan fingerprint density at radius 1 is 1.10 bits per heavy atom. The van der Waals surface area contributed by atoms with E-state index < -0.39 is 17.4 Å². The molecular weight excluding hydrogens is 387 g/mol. The van der Waals surface area contributed by atoms with E-state index in [1.54, 1.807) is 67.9 Å². The molecular formula is C22H19FN4O3. The van der Waals surface area contributed by atoms with Crippen molar-refractivity contribution in [2.24, 2.45) is 0 Å². The molecule has 0 radical (unpaired) electrons. The number of hydrogen-bond acceptors (Lipinski definition) is 4. The maximum Gasteiger partial charge on any atom is 0.335 e. The van der Waals surface area contributed by atoms with Gasteiger partial charge >= 0.3 is 5.69 Å². The molecule has 0 fully saturated rings. The molecule has 0 aliphatic rings. The Labute approximate surface area is 171 Å². The fraction of sp³-hybridized carbons (Fsp3) is 0.136. The van der Waals surface area contributed by atoms with Crippen LogP contribution in [0.5, 0.6) is 5.75 Å². The Bertz CT molecular complexity index is 1260. The molecule has 4 aromatic rings. The lowest BCUT2D eigenvalue weighted by Gasteiger charge is -2.07. The van der Waals surface area contributed by atoms with E-state index in [4.69, 9.17) is 4.74 Å². The number of fused-ring (bicyclic) bond motifs is 1. The van der Waals surface area contributed by atoms with Crippen molar-refractivity contribution in [2.75, 3.05) is 7.11 Å². The van der Waals surface area contributed by atoms with Crippen molar-refractivity contribution in [1.82, 2.24) is 19.4 Å². The maximum atomic E-state index is 13.8. The lowest BCUT2D eigenvalue weighted by atomic mass is 10.2. The van der Waals surface area contributed by atoms with Crippen LogP contribution in [0.2, 0.25) is 0 Å². The maximum absolute atomic E-state index is 13.8. The number of rotatable bonds is 6. The van der Waals surface area contributed by atoms with Crippen LogP contribution in [0, 0.1) is 5.82 Å². The second-order valence-corrected chi connectivity index (χ2v) is 6.62. The number of benzene rings is 2. The molecule has 0 bridgehead atoms. The molecule has 0 saturated heterocycles. The first-order chi connectivity index (χ1) is 14.6. The summed E-state index contributed by atoms with van der Waals surface area (Å²) in [6.07, 6.45) is 1.59. The minimum absolute atomic E-state index is 0.0373. The summed E-state index contributed by atoms with van der Waals surface area (Å²) in [5.41, 5.74) is 1.55. The van der Waals surface area contributed by atoms with Gasteiger partial charge in [0.25, 0.3) is 0 Å². The van der Waals surface area contributed by atoms with Crippen molar-refractivity contribution in [3.63, 3.8) is 0 Å². The van der Waals surface area contributed by atoms with Crippen molar-refractivity contribution in [3.8, 4) is 11.4 Å². The Balaban J connectivity index is 1.64. The molecule has 1 amide bonds. The number of carbonyl (C=O) groups excluding carboxylic acids is 1. The van der Waals surface area contributed by atoms with Gasteiger partial charge in [0.2, 0.25) is 5.91 Å². The number of halogens is 1. The smallest absolute Gasteiger partial charge is 0.335 e. The highest BCUT2D eigenvalue weighted by Gasteiger charge is 2.17.